The quantitative estimate of drug-likeness (QED) is 0.605. The molecule has 1 aromatic heterocycles. The SMILES string of the molecule is CN1CCN(C(=O)c2cccc(NC(=O)Nc3ncc(Oc4cccc(F)c4)s3)c2)CC1. The highest BCUT2D eigenvalue weighted by Gasteiger charge is 2.20. The van der Waals surface area contributed by atoms with Gasteiger partial charge in [-0.3, -0.25) is 10.1 Å². The normalized spacial score (nSPS) is 14.1. The fourth-order valence-corrected chi connectivity index (χ4v) is 3.88. The number of carbonyl (C=O) groups excluding carboxylic acids is 2. The molecule has 0 atom stereocenters. The predicted molar refractivity (Wildman–Crippen MR) is 121 cm³/mol. The van der Waals surface area contributed by atoms with Gasteiger partial charge >= 0.3 is 6.03 Å². The van der Waals surface area contributed by atoms with E-state index in [1.54, 1.807) is 36.4 Å². The molecule has 2 aromatic carbocycles. The zero-order valence-electron chi connectivity index (χ0n) is 17.4. The second-order valence-corrected chi connectivity index (χ2v) is 8.29. The van der Waals surface area contributed by atoms with Gasteiger partial charge in [-0.1, -0.05) is 23.5 Å². The third-order valence-electron chi connectivity index (χ3n) is 4.88. The second-order valence-electron chi connectivity index (χ2n) is 7.30. The van der Waals surface area contributed by atoms with Crippen molar-refractivity contribution in [2.24, 2.45) is 0 Å². The number of halogens is 1. The summed E-state index contributed by atoms with van der Waals surface area (Å²) < 4.78 is 18.8. The van der Waals surface area contributed by atoms with Crippen LogP contribution in [0.15, 0.2) is 54.7 Å². The largest absolute Gasteiger partial charge is 0.445 e. The minimum absolute atomic E-state index is 0.0544. The first-order chi connectivity index (χ1) is 15.5. The Bertz CT molecular complexity index is 1110. The first kappa shape index (κ1) is 21.7. The van der Waals surface area contributed by atoms with E-state index in [0.717, 1.165) is 24.4 Å². The zero-order chi connectivity index (χ0) is 22.5. The van der Waals surface area contributed by atoms with Crippen LogP contribution < -0.4 is 15.4 Å². The van der Waals surface area contributed by atoms with Crippen LogP contribution in [0.25, 0.3) is 0 Å². The third kappa shape index (κ3) is 5.59. The maximum absolute atomic E-state index is 13.3. The van der Waals surface area contributed by atoms with Gasteiger partial charge in [-0.15, -0.1) is 0 Å². The molecule has 32 heavy (non-hydrogen) atoms. The van der Waals surface area contributed by atoms with Gasteiger partial charge < -0.3 is 19.9 Å². The molecule has 0 radical (unpaired) electrons. The molecule has 0 spiro atoms. The lowest BCUT2D eigenvalue weighted by Gasteiger charge is -2.32. The van der Waals surface area contributed by atoms with Crippen LogP contribution in [0.1, 0.15) is 10.4 Å². The number of nitrogens with one attached hydrogen (secondary N) is 2. The Kier molecular flexibility index (Phi) is 6.62. The number of aromatic nitrogens is 1. The molecule has 166 valence electrons. The molecular weight excluding hydrogens is 433 g/mol. The average Bonchev–Trinajstić information content (AvgIpc) is 3.20. The number of ether oxygens (including phenoxy) is 1. The standard InChI is InChI=1S/C22H22FN5O3S/c1-27-8-10-28(11-9-27)20(29)15-4-2-6-17(12-15)25-21(30)26-22-24-14-19(32-22)31-18-7-3-5-16(23)13-18/h2-7,12-14H,8-11H2,1H3,(H2,24,25,26,30). The van der Waals surface area contributed by atoms with Crippen molar-refractivity contribution in [1.29, 1.82) is 0 Å². The van der Waals surface area contributed by atoms with Crippen molar-refractivity contribution < 1.29 is 18.7 Å². The van der Waals surface area contributed by atoms with Gasteiger partial charge in [0.2, 0.25) is 5.06 Å². The van der Waals surface area contributed by atoms with Gasteiger partial charge in [0.15, 0.2) is 5.13 Å². The van der Waals surface area contributed by atoms with Gasteiger partial charge in [-0.2, -0.15) is 0 Å². The van der Waals surface area contributed by atoms with Crippen LogP contribution in [0.3, 0.4) is 0 Å². The minimum atomic E-state index is -0.499. The molecular formula is C22H22FN5O3S. The van der Waals surface area contributed by atoms with E-state index in [1.807, 2.05) is 11.9 Å². The van der Waals surface area contributed by atoms with Gasteiger partial charge in [-0.25, -0.2) is 14.2 Å². The number of carbonyl (C=O) groups is 2. The summed E-state index contributed by atoms with van der Waals surface area (Å²) >= 11 is 1.11. The molecule has 0 unspecified atom stereocenters. The molecule has 1 saturated heterocycles. The number of amides is 3. The maximum atomic E-state index is 13.3. The van der Waals surface area contributed by atoms with E-state index in [1.165, 1.54) is 18.3 Å². The number of hydrogen-bond donors (Lipinski definition) is 2. The molecule has 0 aliphatic carbocycles. The molecule has 10 heteroatoms. The molecule has 1 fully saturated rings. The van der Waals surface area contributed by atoms with E-state index in [-0.39, 0.29) is 5.91 Å². The molecule has 3 aromatic rings. The summed E-state index contributed by atoms with van der Waals surface area (Å²) in [5, 5.41) is 6.06. The lowest BCUT2D eigenvalue weighted by molar-refractivity contribution is 0.0664. The fraction of sp³-hybridized carbons (Fsp3) is 0.227. The van der Waals surface area contributed by atoms with Crippen LogP contribution in [0.2, 0.25) is 0 Å². The fourth-order valence-electron chi connectivity index (χ4n) is 3.19. The minimum Gasteiger partial charge on any atom is -0.445 e. The maximum Gasteiger partial charge on any atom is 0.325 e. The Morgan fingerprint density at radius 2 is 1.84 bits per heavy atom. The van der Waals surface area contributed by atoms with E-state index in [9.17, 15) is 14.0 Å². The second kappa shape index (κ2) is 9.75. The predicted octanol–water partition coefficient (Wildman–Crippen LogP) is 4.11. The van der Waals surface area contributed by atoms with E-state index in [4.69, 9.17) is 4.74 Å². The van der Waals surface area contributed by atoms with Crippen LogP contribution in [-0.2, 0) is 0 Å². The van der Waals surface area contributed by atoms with E-state index in [2.05, 4.69) is 20.5 Å². The number of anilines is 2. The Morgan fingerprint density at radius 1 is 1.06 bits per heavy atom. The molecule has 2 N–H and O–H groups in total. The number of nitrogens with zero attached hydrogens (tertiary/aromatic N) is 3. The monoisotopic (exact) mass is 455 g/mol. The Morgan fingerprint density at radius 3 is 2.62 bits per heavy atom. The van der Waals surface area contributed by atoms with Gasteiger partial charge in [-0.05, 0) is 37.4 Å². The van der Waals surface area contributed by atoms with Crippen LogP contribution in [0.4, 0.5) is 20.0 Å². The van der Waals surface area contributed by atoms with E-state index >= 15 is 0 Å². The first-order valence-corrected chi connectivity index (χ1v) is 10.8. The van der Waals surface area contributed by atoms with Crippen molar-refractivity contribution in [3.05, 3.63) is 66.1 Å². The van der Waals surface area contributed by atoms with Crippen LogP contribution in [-0.4, -0.2) is 59.9 Å². The van der Waals surface area contributed by atoms with E-state index in [0.29, 0.717) is 40.3 Å². The third-order valence-corrected chi connectivity index (χ3v) is 5.67. The Balaban J connectivity index is 1.34. The van der Waals surface area contributed by atoms with Crippen molar-refractivity contribution in [1.82, 2.24) is 14.8 Å². The number of likely N-dealkylation sites (N-methyl/N-ethyl adjacent to an activating group) is 1. The lowest BCUT2D eigenvalue weighted by atomic mass is 10.1. The highest BCUT2D eigenvalue weighted by atomic mass is 32.1. The number of thiazole rings is 1. The van der Waals surface area contributed by atoms with Crippen LogP contribution in [0.5, 0.6) is 10.8 Å². The van der Waals surface area contributed by atoms with Crippen molar-refractivity contribution in [2.75, 3.05) is 43.9 Å². The summed E-state index contributed by atoms with van der Waals surface area (Å²) in [6, 6.07) is 12.1. The van der Waals surface area contributed by atoms with Gasteiger partial charge in [0.25, 0.3) is 5.91 Å². The number of hydrogen-bond acceptors (Lipinski definition) is 6. The molecule has 4 rings (SSSR count). The number of piperazine rings is 1. The number of benzene rings is 2. The summed E-state index contributed by atoms with van der Waals surface area (Å²) in [5.41, 5.74) is 1.02. The number of rotatable bonds is 5. The lowest BCUT2D eigenvalue weighted by Crippen LogP contribution is -2.47. The van der Waals surface area contributed by atoms with Crippen LogP contribution in [0, 0.1) is 5.82 Å². The molecule has 0 bridgehead atoms. The summed E-state index contributed by atoms with van der Waals surface area (Å²) in [6.45, 7) is 3.03. The van der Waals surface area contributed by atoms with Gasteiger partial charge in [0.05, 0.1) is 6.20 Å². The zero-order valence-corrected chi connectivity index (χ0v) is 18.2. The number of urea groups is 1. The molecule has 1 aliphatic rings. The van der Waals surface area contributed by atoms with E-state index < -0.39 is 11.8 Å². The van der Waals surface area contributed by atoms with Crippen molar-refractivity contribution in [3.8, 4) is 10.8 Å². The smallest absolute Gasteiger partial charge is 0.325 e. The van der Waals surface area contributed by atoms with Gasteiger partial charge in [0.1, 0.15) is 11.6 Å². The van der Waals surface area contributed by atoms with Crippen molar-refractivity contribution in [2.45, 2.75) is 0 Å². The topological polar surface area (TPSA) is 86.8 Å². The van der Waals surface area contributed by atoms with Crippen molar-refractivity contribution >= 4 is 34.1 Å². The molecule has 1 aliphatic heterocycles. The highest BCUT2D eigenvalue weighted by Crippen LogP contribution is 2.30. The summed E-state index contributed by atoms with van der Waals surface area (Å²) in [7, 11) is 2.03. The molecule has 8 nitrogen and oxygen atoms in total. The van der Waals surface area contributed by atoms with Crippen molar-refractivity contribution in [3.63, 3.8) is 0 Å². The van der Waals surface area contributed by atoms with Gasteiger partial charge in [0, 0.05) is 43.5 Å². The first-order valence-electron chi connectivity index (χ1n) is 10.0. The average molecular weight is 456 g/mol. The van der Waals surface area contributed by atoms with Crippen LogP contribution >= 0.6 is 11.3 Å². The Hall–Kier alpha value is -3.50. The summed E-state index contributed by atoms with van der Waals surface area (Å²) in [6.07, 6.45) is 1.44. The molecule has 2 heterocycles. The summed E-state index contributed by atoms with van der Waals surface area (Å²) in [5.74, 6) is -0.120. The molecule has 3 amide bonds. The Labute approximate surface area is 188 Å². The highest BCUT2D eigenvalue weighted by molar-refractivity contribution is 7.17. The molecule has 0 saturated carbocycles. The summed E-state index contributed by atoms with van der Waals surface area (Å²) in [4.78, 5) is 33.2.